The zero-order valence-corrected chi connectivity index (χ0v) is 11.1. The average molecular weight is 308 g/mol. The fourth-order valence-electron chi connectivity index (χ4n) is 1.06. The van der Waals surface area contributed by atoms with Gasteiger partial charge in [-0.2, -0.15) is 0 Å². The Labute approximate surface area is 107 Å². The molecule has 0 fully saturated rings. The molecule has 0 radical (unpaired) electrons. The summed E-state index contributed by atoms with van der Waals surface area (Å²) in [5.74, 6) is 0.331. The molecular weight excluding hydrogens is 295 g/mol. The maximum atomic E-state index is 11.0. The van der Waals surface area contributed by atoms with Crippen molar-refractivity contribution in [2.24, 2.45) is 0 Å². The van der Waals surface area contributed by atoms with Crippen molar-refractivity contribution in [2.75, 3.05) is 18.5 Å². The minimum atomic E-state index is -0.233. The van der Waals surface area contributed by atoms with Gasteiger partial charge in [0, 0.05) is 17.2 Å². The van der Waals surface area contributed by atoms with Crippen LogP contribution in [-0.2, 0) is 9.53 Å². The third-order valence-electron chi connectivity index (χ3n) is 1.73. The molecule has 4 nitrogen and oxygen atoms in total. The van der Waals surface area contributed by atoms with Crippen LogP contribution in [0.5, 0.6) is 0 Å². The third kappa shape index (κ3) is 4.37. The number of pyridine rings is 1. The molecule has 0 bridgehead atoms. The first-order chi connectivity index (χ1) is 7.63. The number of ether oxygens (including phenoxy) is 1. The van der Waals surface area contributed by atoms with E-state index in [0.717, 1.165) is 4.47 Å². The molecule has 0 atom stereocenters. The first kappa shape index (κ1) is 13.3. The average Bonchev–Trinajstić information content (AvgIpc) is 2.22. The Kier molecular flexibility index (Phi) is 5.55. The van der Waals surface area contributed by atoms with Gasteiger partial charge < -0.3 is 10.1 Å². The summed E-state index contributed by atoms with van der Waals surface area (Å²) < 4.78 is 5.60. The number of aromatic nitrogens is 1. The number of hydrogen-bond donors (Lipinski definition) is 1. The molecule has 0 saturated heterocycles. The van der Waals surface area contributed by atoms with E-state index >= 15 is 0 Å². The van der Waals surface area contributed by atoms with Crippen molar-refractivity contribution in [3.8, 4) is 0 Å². The highest BCUT2D eigenvalue weighted by Gasteiger charge is 2.04. The number of carbonyl (C=O) groups excluding carboxylic acids is 1. The van der Waals surface area contributed by atoms with Crippen molar-refractivity contribution < 1.29 is 9.53 Å². The Morgan fingerprint density at radius 1 is 1.69 bits per heavy atom. The molecule has 88 valence electrons. The third-order valence-corrected chi connectivity index (χ3v) is 2.46. The quantitative estimate of drug-likeness (QED) is 0.850. The smallest absolute Gasteiger partial charge is 0.307 e. The molecule has 0 aliphatic rings. The van der Waals surface area contributed by atoms with Gasteiger partial charge in [0.15, 0.2) is 0 Å². The number of halogens is 2. The molecule has 1 rings (SSSR count). The van der Waals surface area contributed by atoms with Crippen LogP contribution in [0.25, 0.3) is 0 Å². The zero-order valence-electron chi connectivity index (χ0n) is 8.80. The molecule has 1 aromatic rings. The number of nitrogens with zero attached hydrogens (tertiary/aromatic N) is 1. The maximum absolute atomic E-state index is 11.0. The highest BCUT2D eigenvalue weighted by molar-refractivity contribution is 9.10. The van der Waals surface area contributed by atoms with Gasteiger partial charge in [-0.15, -0.1) is 0 Å². The zero-order chi connectivity index (χ0) is 12.0. The van der Waals surface area contributed by atoms with Gasteiger partial charge in [0.25, 0.3) is 0 Å². The topological polar surface area (TPSA) is 51.2 Å². The van der Waals surface area contributed by atoms with Gasteiger partial charge in [-0.05, 0) is 28.9 Å². The second kappa shape index (κ2) is 6.70. The molecule has 0 unspecified atom stereocenters. The number of anilines is 1. The van der Waals surface area contributed by atoms with E-state index in [4.69, 9.17) is 16.3 Å². The maximum Gasteiger partial charge on any atom is 0.307 e. The second-order valence-corrected chi connectivity index (χ2v) is 4.29. The summed E-state index contributed by atoms with van der Waals surface area (Å²) in [5.41, 5.74) is 0. The van der Waals surface area contributed by atoms with E-state index in [1.54, 1.807) is 19.2 Å². The lowest BCUT2D eigenvalue weighted by molar-refractivity contribution is -0.142. The van der Waals surface area contributed by atoms with E-state index in [9.17, 15) is 4.79 Å². The molecule has 0 aliphatic heterocycles. The van der Waals surface area contributed by atoms with Crippen LogP contribution in [0.2, 0.25) is 5.02 Å². The standard InChI is InChI=1S/C10H12BrClN2O2/c1-2-16-9(15)3-4-13-10-8(12)5-7(11)6-14-10/h5-6H,2-4H2,1H3,(H,13,14). The van der Waals surface area contributed by atoms with Crippen LogP contribution >= 0.6 is 27.5 Å². The van der Waals surface area contributed by atoms with Gasteiger partial charge in [-0.25, -0.2) is 4.98 Å². The van der Waals surface area contributed by atoms with Crippen LogP contribution in [0.4, 0.5) is 5.82 Å². The molecule has 1 heterocycles. The van der Waals surface area contributed by atoms with Crippen LogP contribution in [0.1, 0.15) is 13.3 Å². The minimum absolute atomic E-state index is 0.233. The molecular formula is C10H12BrClN2O2. The lowest BCUT2D eigenvalue weighted by Crippen LogP contribution is -2.12. The lowest BCUT2D eigenvalue weighted by Gasteiger charge is -2.07. The first-order valence-corrected chi connectivity index (χ1v) is 6.01. The van der Waals surface area contributed by atoms with Gasteiger partial charge in [0.2, 0.25) is 0 Å². The lowest BCUT2D eigenvalue weighted by atomic mass is 10.4. The van der Waals surface area contributed by atoms with Gasteiger partial charge in [-0.1, -0.05) is 11.6 Å². The summed E-state index contributed by atoms with van der Waals surface area (Å²) in [5, 5.41) is 3.48. The summed E-state index contributed by atoms with van der Waals surface area (Å²) in [6, 6.07) is 1.74. The van der Waals surface area contributed by atoms with E-state index in [1.807, 2.05) is 0 Å². The van der Waals surface area contributed by atoms with E-state index in [1.165, 1.54) is 0 Å². The van der Waals surface area contributed by atoms with Gasteiger partial charge in [0.1, 0.15) is 5.82 Å². The van der Waals surface area contributed by atoms with E-state index in [-0.39, 0.29) is 5.97 Å². The number of carbonyl (C=O) groups is 1. The van der Waals surface area contributed by atoms with E-state index in [2.05, 4.69) is 26.2 Å². The van der Waals surface area contributed by atoms with Gasteiger partial charge in [-0.3, -0.25) is 4.79 Å². The summed E-state index contributed by atoms with van der Waals surface area (Å²) in [7, 11) is 0. The van der Waals surface area contributed by atoms with Crippen LogP contribution in [0, 0.1) is 0 Å². The predicted octanol–water partition coefficient (Wildman–Crippen LogP) is 2.86. The number of hydrogen-bond acceptors (Lipinski definition) is 4. The number of rotatable bonds is 5. The van der Waals surface area contributed by atoms with Crippen molar-refractivity contribution >= 4 is 39.3 Å². The van der Waals surface area contributed by atoms with Crippen LogP contribution in [0.3, 0.4) is 0 Å². The molecule has 0 saturated carbocycles. The fraction of sp³-hybridized carbons (Fsp3) is 0.400. The molecule has 0 aliphatic carbocycles. The molecule has 1 N–H and O–H groups in total. The SMILES string of the molecule is CCOC(=O)CCNc1ncc(Br)cc1Cl. The van der Waals surface area contributed by atoms with Gasteiger partial charge >= 0.3 is 5.97 Å². The predicted molar refractivity (Wildman–Crippen MR) is 66.7 cm³/mol. The molecule has 16 heavy (non-hydrogen) atoms. The summed E-state index contributed by atoms with van der Waals surface area (Å²) in [6.45, 7) is 2.63. The summed E-state index contributed by atoms with van der Waals surface area (Å²) in [4.78, 5) is 15.1. The molecule has 0 spiro atoms. The Morgan fingerprint density at radius 2 is 2.44 bits per heavy atom. The monoisotopic (exact) mass is 306 g/mol. The normalized spacial score (nSPS) is 9.94. The van der Waals surface area contributed by atoms with Crippen molar-refractivity contribution in [2.45, 2.75) is 13.3 Å². The van der Waals surface area contributed by atoms with Crippen LogP contribution in [-0.4, -0.2) is 24.1 Å². The second-order valence-electron chi connectivity index (χ2n) is 2.97. The van der Waals surface area contributed by atoms with Crippen molar-refractivity contribution in [1.29, 1.82) is 0 Å². The van der Waals surface area contributed by atoms with Crippen molar-refractivity contribution in [3.63, 3.8) is 0 Å². The van der Waals surface area contributed by atoms with Crippen molar-refractivity contribution in [3.05, 3.63) is 21.8 Å². The Morgan fingerprint density at radius 3 is 3.06 bits per heavy atom. The summed E-state index contributed by atoms with van der Waals surface area (Å²) >= 11 is 9.19. The molecule has 0 amide bonds. The first-order valence-electron chi connectivity index (χ1n) is 4.84. The molecule has 6 heteroatoms. The van der Waals surface area contributed by atoms with E-state index in [0.29, 0.717) is 30.4 Å². The number of nitrogens with one attached hydrogen (secondary N) is 1. The fourth-order valence-corrected chi connectivity index (χ4v) is 1.76. The highest BCUT2D eigenvalue weighted by Crippen LogP contribution is 2.22. The van der Waals surface area contributed by atoms with Crippen LogP contribution < -0.4 is 5.32 Å². The highest BCUT2D eigenvalue weighted by atomic mass is 79.9. The molecule has 0 aromatic carbocycles. The Bertz CT molecular complexity index is 374. The number of esters is 1. The van der Waals surface area contributed by atoms with Crippen molar-refractivity contribution in [1.82, 2.24) is 4.98 Å². The van der Waals surface area contributed by atoms with E-state index < -0.39 is 0 Å². The largest absolute Gasteiger partial charge is 0.466 e. The summed E-state index contributed by atoms with van der Waals surface area (Å²) in [6.07, 6.45) is 1.93. The van der Waals surface area contributed by atoms with Crippen LogP contribution in [0.15, 0.2) is 16.7 Å². The Balaban J connectivity index is 2.40. The minimum Gasteiger partial charge on any atom is -0.466 e. The molecule has 1 aromatic heterocycles. The Hall–Kier alpha value is -0.810. The van der Waals surface area contributed by atoms with Gasteiger partial charge in [0.05, 0.1) is 18.1 Å².